The maximum atomic E-state index is 12.1. The number of halogens is 1. The van der Waals surface area contributed by atoms with Crippen molar-refractivity contribution < 1.29 is 9.53 Å². The molecule has 0 atom stereocenters. The summed E-state index contributed by atoms with van der Waals surface area (Å²) in [6.45, 7) is 2.74. The van der Waals surface area contributed by atoms with Gasteiger partial charge in [0.25, 0.3) is 0 Å². The molecule has 4 heteroatoms. The molecule has 0 amide bonds. The molecule has 0 fully saturated rings. The summed E-state index contributed by atoms with van der Waals surface area (Å²) in [7, 11) is 0. The predicted octanol–water partition coefficient (Wildman–Crippen LogP) is 4.42. The molecule has 0 saturated carbocycles. The summed E-state index contributed by atoms with van der Waals surface area (Å²) in [6.07, 6.45) is 0.967. The highest BCUT2D eigenvalue weighted by molar-refractivity contribution is 7.18. The third-order valence-corrected chi connectivity index (χ3v) is 3.62. The van der Waals surface area contributed by atoms with Gasteiger partial charge in [-0.1, -0.05) is 18.5 Å². The Bertz CT molecular complexity index is 531. The molecule has 0 spiro atoms. The minimum absolute atomic E-state index is 0.00561. The van der Waals surface area contributed by atoms with Crippen molar-refractivity contribution in [2.45, 2.75) is 13.3 Å². The van der Waals surface area contributed by atoms with Crippen LogP contribution in [-0.2, 0) is 0 Å². The van der Waals surface area contributed by atoms with Crippen LogP contribution in [0.1, 0.15) is 28.6 Å². The maximum Gasteiger partial charge on any atom is 0.202 e. The minimum Gasteiger partial charge on any atom is -0.494 e. The van der Waals surface area contributed by atoms with E-state index in [0.717, 1.165) is 12.2 Å². The molecule has 2 nitrogen and oxygen atoms in total. The minimum atomic E-state index is -0.00561. The van der Waals surface area contributed by atoms with E-state index < -0.39 is 0 Å². The number of benzene rings is 1. The third-order valence-electron chi connectivity index (χ3n) is 2.39. The highest BCUT2D eigenvalue weighted by Gasteiger charge is 2.11. The molecule has 2 aromatic rings. The van der Waals surface area contributed by atoms with Crippen molar-refractivity contribution in [1.29, 1.82) is 0 Å². The van der Waals surface area contributed by atoms with E-state index in [0.29, 0.717) is 21.4 Å². The number of hydrogen-bond donors (Lipinski definition) is 0. The van der Waals surface area contributed by atoms with Crippen LogP contribution in [0.25, 0.3) is 0 Å². The normalized spacial score (nSPS) is 10.3. The molecule has 94 valence electrons. The number of ketones is 1. The molecule has 0 bridgehead atoms. The van der Waals surface area contributed by atoms with Crippen LogP contribution in [-0.4, -0.2) is 12.4 Å². The van der Waals surface area contributed by atoms with Crippen molar-refractivity contribution in [1.82, 2.24) is 0 Å². The van der Waals surface area contributed by atoms with Gasteiger partial charge in [0.1, 0.15) is 5.75 Å². The summed E-state index contributed by atoms with van der Waals surface area (Å²) >= 11 is 7.11. The summed E-state index contributed by atoms with van der Waals surface area (Å²) in [6, 6.07) is 10.7. The fourth-order valence-corrected chi connectivity index (χ4v) is 2.51. The molecule has 18 heavy (non-hydrogen) atoms. The smallest absolute Gasteiger partial charge is 0.202 e. The second-order valence-electron chi connectivity index (χ2n) is 3.81. The summed E-state index contributed by atoms with van der Waals surface area (Å²) in [5.74, 6) is 0.784. The zero-order valence-corrected chi connectivity index (χ0v) is 11.6. The lowest BCUT2D eigenvalue weighted by atomic mass is 10.1. The van der Waals surface area contributed by atoms with Gasteiger partial charge < -0.3 is 4.74 Å². The fraction of sp³-hybridized carbons (Fsp3) is 0.214. The Labute approximate surface area is 115 Å². The quantitative estimate of drug-likeness (QED) is 0.758. The first-order valence-electron chi connectivity index (χ1n) is 5.73. The zero-order valence-electron chi connectivity index (χ0n) is 9.98. The third kappa shape index (κ3) is 3.12. The van der Waals surface area contributed by atoms with Crippen molar-refractivity contribution in [3.05, 3.63) is 51.2 Å². The largest absolute Gasteiger partial charge is 0.494 e. The van der Waals surface area contributed by atoms with Crippen molar-refractivity contribution in [3.63, 3.8) is 0 Å². The SMILES string of the molecule is CCCOc1ccc(C(=O)c2ccc(Cl)s2)cc1. The Morgan fingerprint density at radius 2 is 1.94 bits per heavy atom. The molecule has 0 N–H and O–H groups in total. The van der Waals surface area contributed by atoms with Gasteiger partial charge in [-0.3, -0.25) is 4.79 Å². The molecule has 1 heterocycles. The van der Waals surface area contributed by atoms with Crippen molar-refractivity contribution >= 4 is 28.7 Å². The number of rotatable bonds is 5. The Hall–Kier alpha value is -1.32. The number of hydrogen-bond acceptors (Lipinski definition) is 3. The standard InChI is InChI=1S/C14H13ClO2S/c1-2-9-17-11-5-3-10(4-6-11)14(16)12-7-8-13(15)18-12/h3-8H,2,9H2,1H3. The second kappa shape index (κ2) is 6.03. The van der Waals surface area contributed by atoms with Crippen LogP contribution < -0.4 is 4.74 Å². The number of thiophene rings is 1. The lowest BCUT2D eigenvalue weighted by molar-refractivity contribution is 0.104. The highest BCUT2D eigenvalue weighted by Crippen LogP contribution is 2.24. The van der Waals surface area contributed by atoms with Crippen LogP contribution in [0.3, 0.4) is 0 Å². The first-order chi connectivity index (χ1) is 8.70. The Kier molecular flexibility index (Phi) is 4.39. The van der Waals surface area contributed by atoms with E-state index >= 15 is 0 Å². The van der Waals surface area contributed by atoms with Crippen LogP contribution in [0.2, 0.25) is 4.34 Å². The van der Waals surface area contributed by atoms with Crippen molar-refractivity contribution in [3.8, 4) is 5.75 Å². The van der Waals surface area contributed by atoms with Gasteiger partial charge in [-0.2, -0.15) is 0 Å². The first kappa shape index (κ1) is 13.1. The van der Waals surface area contributed by atoms with Gasteiger partial charge in [0, 0.05) is 5.56 Å². The van der Waals surface area contributed by atoms with Crippen LogP contribution in [0.5, 0.6) is 5.75 Å². The lowest BCUT2D eigenvalue weighted by Crippen LogP contribution is -1.99. The van der Waals surface area contributed by atoms with Gasteiger partial charge in [0.05, 0.1) is 15.8 Å². The maximum absolute atomic E-state index is 12.1. The summed E-state index contributed by atoms with van der Waals surface area (Å²) in [4.78, 5) is 12.8. The van der Waals surface area contributed by atoms with Gasteiger partial charge in [-0.25, -0.2) is 0 Å². The molecular formula is C14H13ClO2S. The molecule has 2 rings (SSSR count). The molecule has 0 aliphatic carbocycles. The summed E-state index contributed by atoms with van der Waals surface area (Å²) < 4.78 is 6.10. The Morgan fingerprint density at radius 1 is 1.22 bits per heavy atom. The van der Waals surface area contributed by atoms with E-state index in [2.05, 4.69) is 6.92 Å². The van der Waals surface area contributed by atoms with Gasteiger partial charge in [0.2, 0.25) is 5.78 Å². The average molecular weight is 281 g/mol. The molecule has 0 aliphatic rings. The average Bonchev–Trinajstić information content (AvgIpc) is 2.83. The summed E-state index contributed by atoms with van der Waals surface area (Å²) in [5.41, 5.74) is 0.650. The molecule has 1 aromatic heterocycles. The van der Waals surface area contributed by atoms with E-state index in [1.165, 1.54) is 11.3 Å². The van der Waals surface area contributed by atoms with Crippen LogP contribution in [0.4, 0.5) is 0 Å². The lowest BCUT2D eigenvalue weighted by Gasteiger charge is -2.04. The fourth-order valence-electron chi connectivity index (χ4n) is 1.50. The second-order valence-corrected chi connectivity index (χ2v) is 5.52. The van der Waals surface area contributed by atoms with Crippen LogP contribution in [0.15, 0.2) is 36.4 Å². The molecule has 0 saturated heterocycles. The van der Waals surface area contributed by atoms with Crippen LogP contribution >= 0.6 is 22.9 Å². The number of carbonyl (C=O) groups excluding carboxylic acids is 1. The monoisotopic (exact) mass is 280 g/mol. The first-order valence-corrected chi connectivity index (χ1v) is 6.93. The highest BCUT2D eigenvalue weighted by atomic mass is 35.5. The van der Waals surface area contributed by atoms with Gasteiger partial charge in [-0.15, -0.1) is 11.3 Å². The van der Waals surface area contributed by atoms with Gasteiger partial charge >= 0.3 is 0 Å². The van der Waals surface area contributed by atoms with E-state index in [1.54, 1.807) is 24.3 Å². The number of carbonyl (C=O) groups is 1. The van der Waals surface area contributed by atoms with Crippen molar-refractivity contribution in [2.24, 2.45) is 0 Å². The summed E-state index contributed by atoms with van der Waals surface area (Å²) in [5, 5.41) is 0. The Morgan fingerprint density at radius 3 is 2.50 bits per heavy atom. The predicted molar refractivity (Wildman–Crippen MR) is 75.0 cm³/mol. The van der Waals surface area contributed by atoms with Gasteiger partial charge in [0.15, 0.2) is 0 Å². The van der Waals surface area contributed by atoms with E-state index in [-0.39, 0.29) is 5.78 Å². The zero-order chi connectivity index (χ0) is 13.0. The molecule has 0 aliphatic heterocycles. The Balaban J connectivity index is 2.12. The molecule has 1 aromatic carbocycles. The van der Waals surface area contributed by atoms with Gasteiger partial charge in [-0.05, 0) is 42.8 Å². The van der Waals surface area contributed by atoms with Crippen molar-refractivity contribution in [2.75, 3.05) is 6.61 Å². The number of ether oxygens (including phenoxy) is 1. The molecular weight excluding hydrogens is 268 g/mol. The molecule has 0 radical (unpaired) electrons. The topological polar surface area (TPSA) is 26.3 Å². The van der Waals surface area contributed by atoms with E-state index in [9.17, 15) is 4.79 Å². The van der Waals surface area contributed by atoms with Crippen LogP contribution in [0, 0.1) is 0 Å². The molecule has 0 unspecified atom stereocenters. The van der Waals surface area contributed by atoms with E-state index in [4.69, 9.17) is 16.3 Å². The van der Waals surface area contributed by atoms with E-state index in [1.807, 2.05) is 12.1 Å².